The number of carbonyl (C=O) groups excluding carboxylic acids is 1. The SMILES string of the molecule is CCCOc1nc2ccccc2nc1N1CCCC(C(=O)Nc2cc(C)cc(C)c2)C1. The number of fused-ring (bicyclic) bond motifs is 1. The van der Waals surface area contributed by atoms with Gasteiger partial charge in [0.1, 0.15) is 0 Å². The van der Waals surface area contributed by atoms with Crippen LogP contribution in [0.4, 0.5) is 11.5 Å². The molecule has 0 aliphatic carbocycles. The number of aromatic nitrogens is 2. The first-order valence-corrected chi connectivity index (χ1v) is 11.1. The van der Waals surface area contributed by atoms with Crippen LogP contribution in [0, 0.1) is 19.8 Å². The fourth-order valence-electron chi connectivity index (χ4n) is 4.15. The van der Waals surface area contributed by atoms with Crippen LogP contribution in [0.15, 0.2) is 42.5 Å². The van der Waals surface area contributed by atoms with Crippen molar-refractivity contribution < 1.29 is 9.53 Å². The second kappa shape index (κ2) is 9.33. The predicted molar refractivity (Wildman–Crippen MR) is 125 cm³/mol. The topological polar surface area (TPSA) is 67.4 Å². The number of rotatable bonds is 6. The lowest BCUT2D eigenvalue weighted by atomic mass is 9.97. The van der Waals surface area contributed by atoms with Gasteiger partial charge in [0.2, 0.25) is 5.91 Å². The molecule has 0 saturated carbocycles. The second-order valence-electron chi connectivity index (χ2n) is 8.34. The molecule has 162 valence electrons. The molecule has 1 aliphatic rings. The molecule has 1 saturated heterocycles. The van der Waals surface area contributed by atoms with Crippen LogP contribution in [-0.4, -0.2) is 35.6 Å². The van der Waals surface area contributed by atoms with E-state index in [1.807, 2.05) is 50.2 Å². The molecule has 6 nitrogen and oxygen atoms in total. The minimum Gasteiger partial charge on any atom is -0.475 e. The van der Waals surface area contributed by atoms with Gasteiger partial charge in [-0.05, 0) is 68.5 Å². The van der Waals surface area contributed by atoms with E-state index < -0.39 is 0 Å². The van der Waals surface area contributed by atoms with Crippen molar-refractivity contribution in [3.8, 4) is 5.88 Å². The number of para-hydroxylation sites is 2. The highest BCUT2D eigenvalue weighted by atomic mass is 16.5. The van der Waals surface area contributed by atoms with Gasteiger partial charge in [-0.2, -0.15) is 0 Å². The Morgan fingerprint density at radius 2 is 1.84 bits per heavy atom. The Hall–Kier alpha value is -3.15. The Labute approximate surface area is 183 Å². The molecule has 0 bridgehead atoms. The molecule has 2 aromatic carbocycles. The number of aryl methyl sites for hydroxylation is 2. The third kappa shape index (κ3) is 4.95. The van der Waals surface area contributed by atoms with E-state index in [0.717, 1.165) is 59.5 Å². The van der Waals surface area contributed by atoms with E-state index in [4.69, 9.17) is 14.7 Å². The van der Waals surface area contributed by atoms with Crippen molar-refractivity contribution in [2.45, 2.75) is 40.0 Å². The molecule has 6 heteroatoms. The van der Waals surface area contributed by atoms with E-state index in [0.29, 0.717) is 19.0 Å². The fourth-order valence-corrected chi connectivity index (χ4v) is 4.15. The van der Waals surface area contributed by atoms with E-state index in [1.165, 1.54) is 0 Å². The van der Waals surface area contributed by atoms with Gasteiger partial charge in [-0.25, -0.2) is 9.97 Å². The number of nitrogens with zero attached hydrogens (tertiary/aromatic N) is 3. The Balaban J connectivity index is 1.56. The maximum absolute atomic E-state index is 13.0. The van der Waals surface area contributed by atoms with Gasteiger partial charge < -0.3 is 15.0 Å². The zero-order valence-electron chi connectivity index (χ0n) is 18.5. The third-order valence-corrected chi connectivity index (χ3v) is 5.55. The Bertz CT molecular complexity index is 1060. The van der Waals surface area contributed by atoms with Crippen molar-refractivity contribution in [2.75, 3.05) is 29.9 Å². The summed E-state index contributed by atoms with van der Waals surface area (Å²) in [6.07, 6.45) is 2.68. The van der Waals surface area contributed by atoms with Crippen LogP contribution in [0.5, 0.6) is 5.88 Å². The summed E-state index contributed by atoms with van der Waals surface area (Å²) in [6, 6.07) is 13.9. The summed E-state index contributed by atoms with van der Waals surface area (Å²) >= 11 is 0. The molecule has 1 unspecified atom stereocenters. The van der Waals surface area contributed by atoms with Gasteiger partial charge in [0.15, 0.2) is 5.82 Å². The summed E-state index contributed by atoms with van der Waals surface area (Å²) < 4.78 is 5.95. The lowest BCUT2D eigenvalue weighted by Crippen LogP contribution is -2.41. The zero-order valence-corrected chi connectivity index (χ0v) is 18.5. The van der Waals surface area contributed by atoms with Crippen molar-refractivity contribution in [3.63, 3.8) is 0 Å². The van der Waals surface area contributed by atoms with Crippen LogP contribution >= 0.6 is 0 Å². The van der Waals surface area contributed by atoms with Crippen molar-refractivity contribution in [2.24, 2.45) is 5.92 Å². The second-order valence-corrected chi connectivity index (χ2v) is 8.34. The molecule has 4 rings (SSSR count). The van der Waals surface area contributed by atoms with Gasteiger partial charge in [-0.15, -0.1) is 0 Å². The number of carbonyl (C=O) groups is 1. The molecule has 1 fully saturated rings. The van der Waals surface area contributed by atoms with E-state index in [9.17, 15) is 4.79 Å². The van der Waals surface area contributed by atoms with E-state index in [-0.39, 0.29) is 11.8 Å². The lowest BCUT2D eigenvalue weighted by molar-refractivity contribution is -0.120. The highest BCUT2D eigenvalue weighted by Gasteiger charge is 2.29. The van der Waals surface area contributed by atoms with Gasteiger partial charge in [-0.3, -0.25) is 4.79 Å². The molecule has 31 heavy (non-hydrogen) atoms. The van der Waals surface area contributed by atoms with Crippen molar-refractivity contribution >= 4 is 28.4 Å². The zero-order chi connectivity index (χ0) is 21.8. The largest absolute Gasteiger partial charge is 0.475 e. The summed E-state index contributed by atoms with van der Waals surface area (Å²) in [7, 11) is 0. The maximum Gasteiger partial charge on any atom is 0.258 e. The third-order valence-electron chi connectivity index (χ3n) is 5.55. The molecule has 1 atom stereocenters. The highest BCUT2D eigenvalue weighted by molar-refractivity contribution is 5.93. The Morgan fingerprint density at radius 3 is 2.55 bits per heavy atom. The molecule has 3 aromatic rings. The molecule has 1 N–H and O–H groups in total. The first-order valence-electron chi connectivity index (χ1n) is 11.1. The average molecular weight is 419 g/mol. The fraction of sp³-hybridized carbons (Fsp3) is 0.400. The summed E-state index contributed by atoms with van der Waals surface area (Å²) in [5.74, 6) is 1.23. The lowest BCUT2D eigenvalue weighted by Gasteiger charge is -2.33. The number of hydrogen-bond acceptors (Lipinski definition) is 5. The number of anilines is 2. The van der Waals surface area contributed by atoms with Crippen molar-refractivity contribution in [3.05, 3.63) is 53.6 Å². The number of amides is 1. The normalized spacial score (nSPS) is 16.4. The molecule has 2 heterocycles. The smallest absolute Gasteiger partial charge is 0.258 e. The minimum absolute atomic E-state index is 0.0551. The molecule has 0 spiro atoms. The van der Waals surface area contributed by atoms with Crippen LogP contribution in [0.1, 0.15) is 37.3 Å². The van der Waals surface area contributed by atoms with Crippen molar-refractivity contribution in [1.82, 2.24) is 9.97 Å². The first kappa shape index (κ1) is 21.1. The number of piperidine rings is 1. The van der Waals surface area contributed by atoms with E-state index >= 15 is 0 Å². The Morgan fingerprint density at radius 1 is 1.13 bits per heavy atom. The molecular weight excluding hydrogens is 388 g/mol. The van der Waals surface area contributed by atoms with Crippen LogP contribution in [-0.2, 0) is 4.79 Å². The summed E-state index contributed by atoms with van der Waals surface area (Å²) in [5.41, 5.74) is 4.80. The van der Waals surface area contributed by atoms with Crippen molar-refractivity contribution in [1.29, 1.82) is 0 Å². The van der Waals surface area contributed by atoms with Crippen LogP contribution in [0.2, 0.25) is 0 Å². The van der Waals surface area contributed by atoms with Gasteiger partial charge in [0.25, 0.3) is 5.88 Å². The highest BCUT2D eigenvalue weighted by Crippen LogP contribution is 2.31. The number of benzene rings is 2. The number of ether oxygens (including phenoxy) is 1. The first-order chi connectivity index (χ1) is 15.0. The number of nitrogens with one attached hydrogen (secondary N) is 1. The Kier molecular flexibility index (Phi) is 6.35. The summed E-state index contributed by atoms with van der Waals surface area (Å²) in [6.45, 7) is 8.18. The molecule has 1 aliphatic heterocycles. The van der Waals surface area contributed by atoms with Crippen LogP contribution < -0.4 is 15.0 Å². The predicted octanol–water partition coefficient (Wildman–Crippen LogP) is 4.89. The average Bonchev–Trinajstić information content (AvgIpc) is 2.76. The van der Waals surface area contributed by atoms with Gasteiger partial charge in [-0.1, -0.05) is 25.1 Å². The van der Waals surface area contributed by atoms with Crippen LogP contribution in [0.25, 0.3) is 11.0 Å². The summed E-state index contributed by atoms with van der Waals surface area (Å²) in [4.78, 5) is 24.8. The number of hydrogen-bond donors (Lipinski definition) is 1. The summed E-state index contributed by atoms with van der Waals surface area (Å²) in [5, 5.41) is 3.11. The van der Waals surface area contributed by atoms with Crippen LogP contribution in [0.3, 0.4) is 0 Å². The molecule has 1 aromatic heterocycles. The monoisotopic (exact) mass is 418 g/mol. The van der Waals surface area contributed by atoms with E-state index in [1.54, 1.807) is 0 Å². The quantitative estimate of drug-likeness (QED) is 0.617. The molecule has 0 radical (unpaired) electrons. The minimum atomic E-state index is -0.109. The standard InChI is InChI=1S/C25H30N4O2/c1-4-12-31-25-23(27-21-9-5-6-10-22(21)28-25)29-11-7-8-19(16-29)24(30)26-20-14-17(2)13-18(3)15-20/h5-6,9-10,13-15,19H,4,7-8,11-12,16H2,1-3H3,(H,26,30). The molecule has 1 amide bonds. The maximum atomic E-state index is 13.0. The van der Waals surface area contributed by atoms with Gasteiger partial charge in [0, 0.05) is 18.8 Å². The van der Waals surface area contributed by atoms with Gasteiger partial charge >= 0.3 is 0 Å². The van der Waals surface area contributed by atoms with E-state index in [2.05, 4.69) is 23.2 Å². The van der Waals surface area contributed by atoms with Gasteiger partial charge in [0.05, 0.1) is 23.6 Å². The molecular formula is C25H30N4O2.